The number of hydrogen-bond acceptors (Lipinski definition) is 3. The molecule has 0 aromatic heterocycles. The van der Waals surface area contributed by atoms with Crippen molar-refractivity contribution >= 4 is 17.5 Å². The van der Waals surface area contributed by atoms with Crippen LogP contribution in [0.4, 0.5) is 5.69 Å². The first-order valence-corrected chi connectivity index (χ1v) is 10.6. The van der Waals surface area contributed by atoms with E-state index in [2.05, 4.69) is 17.6 Å². The lowest BCUT2D eigenvalue weighted by atomic mass is 9.91. The Labute approximate surface area is 183 Å². The van der Waals surface area contributed by atoms with Crippen LogP contribution in [0.2, 0.25) is 0 Å². The molecule has 0 radical (unpaired) electrons. The highest BCUT2D eigenvalue weighted by Crippen LogP contribution is 2.23. The standard InChI is InChI=1S/C26H28N2O3/c1-2-3-18-31-23-16-14-22(15-17-23)28-26(30)25(29)27-19-24(20-10-6-4-7-11-20)21-12-8-5-9-13-21/h4-17,24H,2-3,18-19H2,1H3,(H,27,29)(H,28,30). The molecule has 0 atom stereocenters. The lowest BCUT2D eigenvalue weighted by Crippen LogP contribution is -2.37. The third-order valence-electron chi connectivity index (χ3n) is 4.96. The van der Waals surface area contributed by atoms with E-state index < -0.39 is 11.8 Å². The molecule has 0 aliphatic rings. The molecule has 0 saturated carbocycles. The van der Waals surface area contributed by atoms with Gasteiger partial charge in [0, 0.05) is 18.2 Å². The summed E-state index contributed by atoms with van der Waals surface area (Å²) in [5.41, 5.74) is 2.70. The van der Waals surface area contributed by atoms with Crippen LogP contribution in [0.3, 0.4) is 0 Å². The molecule has 160 valence electrons. The van der Waals surface area contributed by atoms with E-state index in [9.17, 15) is 9.59 Å². The number of ether oxygens (including phenoxy) is 1. The number of anilines is 1. The van der Waals surface area contributed by atoms with Crippen LogP contribution in [-0.4, -0.2) is 25.0 Å². The van der Waals surface area contributed by atoms with Crippen LogP contribution in [0.5, 0.6) is 5.75 Å². The Hall–Kier alpha value is -3.60. The van der Waals surface area contributed by atoms with E-state index in [1.54, 1.807) is 24.3 Å². The molecule has 0 aliphatic heterocycles. The summed E-state index contributed by atoms with van der Waals surface area (Å²) in [5.74, 6) is -0.664. The van der Waals surface area contributed by atoms with Crippen LogP contribution in [0.1, 0.15) is 36.8 Å². The number of hydrogen-bond donors (Lipinski definition) is 2. The van der Waals surface area contributed by atoms with E-state index in [1.807, 2.05) is 60.7 Å². The van der Waals surface area contributed by atoms with Gasteiger partial charge in [0.2, 0.25) is 0 Å². The maximum Gasteiger partial charge on any atom is 0.313 e. The Morgan fingerprint density at radius 3 is 1.94 bits per heavy atom. The van der Waals surface area contributed by atoms with Crippen molar-refractivity contribution in [2.45, 2.75) is 25.7 Å². The summed E-state index contributed by atoms with van der Waals surface area (Å²) in [4.78, 5) is 24.7. The SMILES string of the molecule is CCCCOc1ccc(NC(=O)C(=O)NCC(c2ccccc2)c2ccccc2)cc1. The molecule has 31 heavy (non-hydrogen) atoms. The van der Waals surface area contributed by atoms with Crippen molar-refractivity contribution in [3.63, 3.8) is 0 Å². The van der Waals surface area contributed by atoms with E-state index in [1.165, 1.54) is 0 Å². The zero-order chi connectivity index (χ0) is 21.9. The molecule has 3 rings (SSSR count). The van der Waals surface area contributed by atoms with Gasteiger partial charge in [-0.05, 0) is 41.8 Å². The number of nitrogens with one attached hydrogen (secondary N) is 2. The van der Waals surface area contributed by atoms with Gasteiger partial charge in [0.15, 0.2) is 0 Å². The molecule has 0 unspecified atom stereocenters. The van der Waals surface area contributed by atoms with Crippen LogP contribution in [0, 0.1) is 0 Å². The molecule has 0 bridgehead atoms. The highest BCUT2D eigenvalue weighted by Gasteiger charge is 2.18. The number of carbonyl (C=O) groups is 2. The van der Waals surface area contributed by atoms with Gasteiger partial charge in [0.25, 0.3) is 0 Å². The molecule has 0 spiro atoms. The van der Waals surface area contributed by atoms with Gasteiger partial charge in [0.05, 0.1) is 6.61 Å². The Kier molecular flexibility index (Phi) is 8.23. The van der Waals surface area contributed by atoms with Crippen molar-refractivity contribution in [3.05, 3.63) is 96.1 Å². The zero-order valence-corrected chi connectivity index (χ0v) is 17.7. The lowest BCUT2D eigenvalue weighted by Gasteiger charge is -2.18. The molecule has 0 fully saturated rings. The van der Waals surface area contributed by atoms with E-state index in [0.29, 0.717) is 18.8 Å². The van der Waals surface area contributed by atoms with E-state index >= 15 is 0 Å². The maximum absolute atomic E-state index is 12.4. The van der Waals surface area contributed by atoms with Crippen LogP contribution >= 0.6 is 0 Å². The van der Waals surface area contributed by atoms with Gasteiger partial charge >= 0.3 is 11.8 Å². The van der Waals surface area contributed by atoms with Crippen molar-refractivity contribution in [3.8, 4) is 5.75 Å². The van der Waals surface area contributed by atoms with Gasteiger partial charge in [-0.15, -0.1) is 0 Å². The molecule has 3 aromatic carbocycles. The second-order valence-corrected chi connectivity index (χ2v) is 7.26. The van der Waals surface area contributed by atoms with Crippen molar-refractivity contribution in [1.82, 2.24) is 5.32 Å². The molecule has 3 aromatic rings. The second-order valence-electron chi connectivity index (χ2n) is 7.26. The summed E-state index contributed by atoms with van der Waals surface area (Å²) in [5, 5.41) is 5.40. The number of rotatable bonds is 9. The van der Waals surface area contributed by atoms with Crippen LogP contribution in [0.25, 0.3) is 0 Å². The Bertz CT molecular complexity index is 917. The topological polar surface area (TPSA) is 67.4 Å². The Balaban J connectivity index is 1.57. The van der Waals surface area contributed by atoms with Gasteiger partial charge < -0.3 is 15.4 Å². The molecular formula is C26H28N2O3. The summed E-state index contributed by atoms with van der Waals surface area (Å²) in [6.45, 7) is 3.09. The van der Waals surface area contributed by atoms with Gasteiger partial charge in [-0.2, -0.15) is 0 Å². The molecule has 0 saturated heterocycles. The van der Waals surface area contributed by atoms with Gasteiger partial charge in [-0.25, -0.2) is 0 Å². The van der Waals surface area contributed by atoms with Gasteiger partial charge in [-0.1, -0.05) is 74.0 Å². The molecule has 2 N–H and O–H groups in total. The smallest absolute Gasteiger partial charge is 0.313 e. The molecule has 0 aliphatic carbocycles. The van der Waals surface area contributed by atoms with Crippen molar-refractivity contribution in [2.24, 2.45) is 0 Å². The number of carbonyl (C=O) groups excluding carboxylic acids is 2. The largest absolute Gasteiger partial charge is 0.494 e. The summed E-state index contributed by atoms with van der Waals surface area (Å²) < 4.78 is 5.61. The van der Waals surface area contributed by atoms with E-state index in [4.69, 9.17) is 4.74 Å². The summed E-state index contributed by atoms with van der Waals surface area (Å²) in [6, 6.07) is 26.9. The quantitative estimate of drug-likeness (QED) is 0.391. The number of amides is 2. The van der Waals surface area contributed by atoms with E-state index in [-0.39, 0.29) is 5.92 Å². The molecule has 5 nitrogen and oxygen atoms in total. The van der Waals surface area contributed by atoms with Crippen molar-refractivity contribution < 1.29 is 14.3 Å². The third kappa shape index (κ3) is 6.71. The van der Waals surface area contributed by atoms with Crippen LogP contribution in [-0.2, 0) is 9.59 Å². The minimum atomic E-state index is -0.695. The normalized spacial score (nSPS) is 10.5. The molecular weight excluding hydrogens is 388 g/mol. The summed E-state index contributed by atoms with van der Waals surface area (Å²) >= 11 is 0. The highest BCUT2D eigenvalue weighted by molar-refractivity contribution is 6.39. The first-order valence-electron chi connectivity index (χ1n) is 10.6. The fourth-order valence-corrected chi connectivity index (χ4v) is 3.23. The third-order valence-corrected chi connectivity index (χ3v) is 4.96. The minimum Gasteiger partial charge on any atom is -0.494 e. The predicted octanol–water partition coefficient (Wildman–Crippen LogP) is 4.75. The Morgan fingerprint density at radius 1 is 0.806 bits per heavy atom. The average molecular weight is 417 g/mol. The van der Waals surface area contributed by atoms with Crippen LogP contribution < -0.4 is 15.4 Å². The minimum absolute atomic E-state index is 0.0429. The van der Waals surface area contributed by atoms with Gasteiger partial charge in [0.1, 0.15) is 5.75 Å². The number of unbranched alkanes of at least 4 members (excludes halogenated alkanes) is 1. The van der Waals surface area contributed by atoms with Crippen molar-refractivity contribution in [2.75, 3.05) is 18.5 Å². The molecule has 5 heteroatoms. The summed E-state index contributed by atoms with van der Waals surface area (Å²) in [6.07, 6.45) is 2.06. The molecule has 0 heterocycles. The molecule has 2 amide bonds. The highest BCUT2D eigenvalue weighted by atomic mass is 16.5. The van der Waals surface area contributed by atoms with E-state index in [0.717, 1.165) is 29.7 Å². The monoisotopic (exact) mass is 416 g/mol. The second kappa shape index (κ2) is 11.6. The maximum atomic E-state index is 12.4. The van der Waals surface area contributed by atoms with Crippen molar-refractivity contribution in [1.29, 1.82) is 0 Å². The first kappa shape index (κ1) is 22.1. The van der Waals surface area contributed by atoms with Crippen LogP contribution in [0.15, 0.2) is 84.9 Å². The average Bonchev–Trinajstić information content (AvgIpc) is 2.82. The fourth-order valence-electron chi connectivity index (χ4n) is 3.23. The lowest BCUT2D eigenvalue weighted by molar-refractivity contribution is -0.136. The first-order chi connectivity index (χ1) is 15.2. The number of benzene rings is 3. The predicted molar refractivity (Wildman–Crippen MR) is 123 cm³/mol. The van der Waals surface area contributed by atoms with Gasteiger partial charge in [-0.3, -0.25) is 9.59 Å². The Morgan fingerprint density at radius 2 is 1.39 bits per heavy atom. The fraction of sp³-hybridized carbons (Fsp3) is 0.231. The summed E-state index contributed by atoms with van der Waals surface area (Å²) in [7, 11) is 0. The zero-order valence-electron chi connectivity index (χ0n) is 17.7.